The minimum absolute atomic E-state index is 0.0519. The second-order valence-corrected chi connectivity index (χ2v) is 5.96. The van der Waals surface area contributed by atoms with Crippen molar-refractivity contribution in [2.24, 2.45) is 0 Å². The van der Waals surface area contributed by atoms with E-state index in [0.717, 1.165) is 25.3 Å². The summed E-state index contributed by atoms with van der Waals surface area (Å²) < 4.78 is 4.90. The molecule has 0 aliphatic carbocycles. The number of esters is 1. The lowest BCUT2D eigenvalue weighted by Crippen LogP contribution is -2.21. The summed E-state index contributed by atoms with van der Waals surface area (Å²) >= 11 is 0. The number of anilines is 2. The molecule has 0 aromatic heterocycles. The molecule has 3 N–H and O–H groups in total. The van der Waals surface area contributed by atoms with E-state index >= 15 is 0 Å². The summed E-state index contributed by atoms with van der Waals surface area (Å²) in [5.74, 6) is -1.35. The summed E-state index contributed by atoms with van der Waals surface area (Å²) in [5, 5.41) is 13.5. The Morgan fingerprint density at radius 3 is 2.52 bits per heavy atom. The Labute approximate surface area is 156 Å². The zero-order chi connectivity index (χ0) is 19.8. The van der Waals surface area contributed by atoms with Gasteiger partial charge in [-0.2, -0.15) is 0 Å². The van der Waals surface area contributed by atoms with Crippen molar-refractivity contribution in [2.45, 2.75) is 26.2 Å². The maximum absolute atomic E-state index is 12.0. The van der Waals surface area contributed by atoms with Gasteiger partial charge in [-0.3, -0.25) is 14.9 Å². The number of hydrogen-bond donors (Lipinski definition) is 2. The number of rotatable bonds is 8. The van der Waals surface area contributed by atoms with Crippen molar-refractivity contribution in [3.05, 3.63) is 63.7 Å². The molecule has 0 bridgehead atoms. The summed E-state index contributed by atoms with van der Waals surface area (Å²) in [5.41, 5.74) is 6.76. The number of carbonyl (C=O) groups is 2. The van der Waals surface area contributed by atoms with E-state index in [0.29, 0.717) is 5.69 Å². The number of nitrogen functional groups attached to an aromatic ring is 1. The Morgan fingerprint density at radius 1 is 1.19 bits per heavy atom. The number of ether oxygens (including phenoxy) is 1. The van der Waals surface area contributed by atoms with Crippen LogP contribution in [0.25, 0.3) is 0 Å². The van der Waals surface area contributed by atoms with Gasteiger partial charge in [0.05, 0.1) is 10.5 Å². The fourth-order valence-electron chi connectivity index (χ4n) is 2.38. The topological polar surface area (TPSA) is 125 Å². The second-order valence-electron chi connectivity index (χ2n) is 5.96. The van der Waals surface area contributed by atoms with Gasteiger partial charge in [-0.05, 0) is 42.7 Å². The summed E-state index contributed by atoms with van der Waals surface area (Å²) in [4.78, 5) is 34.1. The number of nitrogens with two attached hydrogens (primary N) is 1. The molecular formula is C19H21N3O5. The lowest BCUT2D eigenvalue weighted by atomic mass is 10.1. The number of benzene rings is 2. The van der Waals surface area contributed by atoms with Gasteiger partial charge in [0, 0.05) is 11.8 Å². The lowest BCUT2D eigenvalue weighted by molar-refractivity contribution is -0.383. The van der Waals surface area contributed by atoms with Crippen molar-refractivity contribution >= 4 is 28.9 Å². The van der Waals surface area contributed by atoms with Gasteiger partial charge in [0.1, 0.15) is 5.69 Å². The molecule has 0 aliphatic rings. The molecule has 2 rings (SSSR count). The van der Waals surface area contributed by atoms with Crippen molar-refractivity contribution in [2.75, 3.05) is 17.7 Å². The van der Waals surface area contributed by atoms with Gasteiger partial charge in [0.2, 0.25) is 0 Å². The van der Waals surface area contributed by atoms with Crippen LogP contribution in [0.3, 0.4) is 0 Å². The third-order valence-corrected chi connectivity index (χ3v) is 3.85. The molecule has 0 saturated heterocycles. The van der Waals surface area contributed by atoms with E-state index in [-0.39, 0.29) is 11.3 Å². The SMILES string of the molecule is CCCCc1ccc(NC(=O)COC(=O)c2ccc(N)c([N+](=O)[O-])c2)cc1. The van der Waals surface area contributed by atoms with Crippen LogP contribution >= 0.6 is 0 Å². The Bertz CT molecular complexity index is 834. The molecule has 2 aromatic rings. The number of nitro groups is 1. The first-order valence-corrected chi connectivity index (χ1v) is 8.50. The van der Waals surface area contributed by atoms with Gasteiger partial charge in [-0.25, -0.2) is 4.79 Å². The summed E-state index contributed by atoms with van der Waals surface area (Å²) in [7, 11) is 0. The van der Waals surface area contributed by atoms with Gasteiger partial charge < -0.3 is 15.8 Å². The van der Waals surface area contributed by atoms with Gasteiger partial charge in [-0.1, -0.05) is 25.5 Å². The first kappa shape index (κ1) is 19.9. The Hall–Kier alpha value is -3.42. The number of unbranched alkanes of at least 4 members (excludes halogenated alkanes) is 1. The molecule has 0 aliphatic heterocycles. The normalized spacial score (nSPS) is 10.3. The van der Waals surface area contributed by atoms with Crippen LogP contribution in [0.2, 0.25) is 0 Å². The lowest BCUT2D eigenvalue weighted by Gasteiger charge is -2.08. The fourth-order valence-corrected chi connectivity index (χ4v) is 2.38. The van der Waals surface area contributed by atoms with Gasteiger partial charge in [-0.15, -0.1) is 0 Å². The number of nitro benzene ring substituents is 1. The first-order chi connectivity index (χ1) is 12.9. The average Bonchev–Trinajstić information content (AvgIpc) is 2.65. The van der Waals surface area contributed by atoms with E-state index < -0.39 is 29.1 Å². The van der Waals surface area contributed by atoms with E-state index in [9.17, 15) is 19.7 Å². The average molecular weight is 371 g/mol. The molecule has 8 heteroatoms. The van der Waals surface area contributed by atoms with Crippen molar-refractivity contribution in [1.82, 2.24) is 0 Å². The predicted molar refractivity (Wildman–Crippen MR) is 101 cm³/mol. The third-order valence-electron chi connectivity index (χ3n) is 3.85. The van der Waals surface area contributed by atoms with Crippen molar-refractivity contribution in [1.29, 1.82) is 0 Å². The third kappa shape index (κ3) is 5.81. The molecule has 0 radical (unpaired) electrons. The molecule has 0 fully saturated rings. The summed E-state index contributed by atoms with van der Waals surface area (Å²) in [6, 6.07) is 11.0. The van der Waals surface area contributed by atoms with E-state index in [4.69, 9.17) is 10.5 Å². The highest BCUT2D eigenvalue weighted by Crippen LogP contribution is 2.22. The van der Waals surface area contributed by atoms with Crippen LogP contribution in [-0.2, 0) is 16.0 Å². The first-order valence-electron chi connectivity index (χ1n) is 8.50. The molecule has 0 saturated carbocycles. The standard InChI is InChI=1S/C19H21N3O5/c1-2-3-4-13-5-8-15(9-6-13)21-18(23)12-27-19(24)14-7-10-16(20)17(11-14)22(25)26/h5-11H,2-4,12,20H2,1H3,(H,21,23). The van der Waals surface area contributed by atoms with Gasteiger partial charge >= 0.3 is 5.97 Å². The van der Waals surface area contributed by atoms with Crippen LogP contribution in [0.15, 0.2) is 42.5 Å². The maximum atomic E-state index is 12.0. The highest BCUT2D eigenvalue weighted by molar-refractivity contribution is 5.96. The Morgan fingerprint density at radius 2 is 1.89 bits per heavy atom. The molecule has 8 nitrogen and oxygen atoms in total. The summed E-state index contributed by atoms with van der Waals surface area (Å²) in [6.07, 6.45) is 3.20. The molecule has 0 heterocycles. The van der Waals surface area contributed by atoms with E-state index in [1.165, 1.54) is 17.7 Å². The number of carbonyl (C=O) groups excluding carboxylic acids is 2. The molecule has 0 spiro atoms. The van der Waals surface area contributed by atoms with E-state index in [2.05, 4.69) is 12.2 Å². The molecular weight excluding hydrogens is 350 g/mol. The van der Waals surface area contributed by atoms with Gasteiger partial charge in [0.25, 0.3) is 11.6 Å². The number of nitrogens with zero attached hydrogens (tertiary/aromatic N) is 1. The smallest absolute Gasteiger partial charge is 0.338 e. The van der Waals surface area contributed by atoms with Crippen LogP contribution < -0.4 is 11.1 Å². The van der Waals surface area contributed by atoms with Crippen molar-refractivity contribution < 1.29 is 19.2 Å². The van der Waals surface area contributed by atoms with Crippen LogP contribution in [-0.4, -0.2) is 23.4 Å². The number of amides is 1. The molecule has 1 amide bonds. The predicted octanol–water partition coefficient (Wildman–Crippen LogP) is 3.32. The summed E-state index contributed by atoms with van der Waals surface area (Å²) in [6.45, 7) is 1.62. The Kier molecular flexibility index (Phi) is 6.87. The van der Waals surface area contributed by atoms with Crippen LogP contribution in [0.4, 0.5) is 17.1 Å². The zero-order valence-electron chi connectivity index (χ0n) is 14.9. The van der Waals surface area contributed by atoms with Crippen LogP contribution in [0, 0.1) is 10.1 Å². The molecule has 142 valence electrons. The monoisotopic (exact) mass is 371 g/mol. The van der Waals surface area contributed by atoms with Gasteiger partial charge in [0.15, 0.2) is 6.61 Å². The molecule has 2 aromatic carbocycles. The van der Waals surface area contributed by atoms with E-state index in [1.807, 2.05) is 12.1 Å². The fraction of sp³-hybridized carbons (Fsp3) is 0.263. The van der Waals surface area contributed by atoms with Crippen LogP contribution in [0.1, 0.15) is 35.7 Å². The Balaban J connectivity index is 1.89. The number of aryl methyl sites for hydroxylation is 1. The highest BCUT2D eigenvalue weighted by atomic mass is 16.6. The second kappa shape index (κ2) is 9.33. The minimum Gasteiger partial charge on any atom is -0.452 e. The maximum Gasteiger partial charge on any atom is 0.338 e. The largest absolute Gasteiger partial charge is 0.452 e. The number of hydrogen-bond acceptors (Lipinski definition) is 6. The molecule has 0 atom stereocenters. The number of nitrogens with one attached hydrogen (secondary N) is 1. The highest BCUT2D eigenvalue weighted by Gasteiger charge is 2.17. The quantitative estimate of drug-likeness (QED) is 0.317. The van der Waals surface area contributed by atoms with E-state index in [1.54, 1.807) is 12.1 Å². The van der Waals surface area contributed by atoms with Crippen molar-refractivity contribution in [3.8, 4) is 0 Å². The van der Waals surface area contributed by atoms with Crippen molar-refractivity contribution in [3.63, 3.8) is 0 Å². The molecule has 0 unspecified atom stereocenters. The molecule has 27 heavy (non-hydrogen) atoms. The minimum atomic E-state index is -0.844. The zero-order valence-corrected chi connectivity index (χ0v) is 14.9. The van der Waals surface area contributed by atoms with Crippen LogP contribution in [0.5, 0.6) is 0 Å².